The Morgan fingerprint density at radius 3 is 2.73 bits per heavy atom. The molecule has 0 saturated carbocycles. The number of pyridine rings is 1. The maximum absolute atomic E-state index is 10.4. The predicted molar refractivity (Wildman–Crippen MR) is 85.1 cm³/mol. The fourth-order valence-electron chi connectivity index (χ4n) is 2.09. The average Bonchev–Trinajstić information content (AvgIpc) is 2.55. The largest absolute Gasteiger partial charge is 0.492 e. The molecular formula is C17H20N2O3. The standard InChI is InChI=1S/C17H20N2O3/c1-3-11-22-13-15-17(21-2)16(9-10-18-15)19(20)12-14-7-5-4-6-8-14/h3-10,20H,1,11-13H2,2H3. The highest BCUT2D eigenvalue weighted by Gasteiger charge is 2.15. The summed E-state index contributed by atoms with van der Waals surface area (Å²) in [5.41, 5.74) is 2.18. The number of aromatic nitrogens is 1. The number of rotatable bonds is 8. The van der Waals surface area contributed by atoms with E-state index in [9.17, 15) is 5.21 Å². The zero-order valence-electron chi connectivity index (χ0n) is 12.6. The van der Waals surface area contributed by atoms with E-state index in [2.05, 4.69) is 11.6 Å². The highest BCUT2D eigenvalue weighted by molar-refractivity contribution is 5.58. The van der Waals surface area contributed by atoms with Gasteiger partial charge in [-0.15, -0.1) is 6.58 Å². The van der Waals surface area contributed by atoms with Gasteiger partial charge in [0.15, 0.2) is 5.75 Å². The second-order valence-corrected chi connectivity index (χ2v) is 4.66. The molecule has 2 aromatic rings. The normalized spacial score (nSPS) is 10.3. The van der Waals surface area contributed by atoms with E-state index in [0.29, 0.717) is 36.9 Å². The molecule has 22 heavy (non-hydrogen) atoms. The molecule has 0 saturated heterocycles. The van der Waals surface area contributed by atoms with Crippen molar-refractivity contribution in [2.75, 3.05) is 18.8 Å². The molecule has 1 N–H and O–H groups in total. The van der Waals surface area contributed by atoms with Crippen molar-refractivity contribution in [2.45, 2.75) is 13.2 Å². The third kappa shape index (κ3) is 4.07. The summed E-state index contributed by atoms with van der Waals surface area (Å²) in [6.45, 7) is 4.68. The van der Waals surface area contributed by atoms with E-state index in [0.717, 1.165) is 10.6 Å². The predicted octanol–water partition coefficient (Wildman–Crippen LogP) is 3.19. The van der Waals surface area contributed by atoms with Gasteiger partial charge in [0.05, 0.1) is 26.9 Å². The first-order valence-electron chi connectivity index (χ1n) is 6.97. The first kappa shape index (κ1) is 16.0. The van der Waals surface area contributed by atoms with E-state index in [1.54, 1.807) is 25.4 Å². The van der Waals surface area contributed by atoms with Crippen LogP contribution in [0.2, 0.25) is 0 Å². The van der Waals surface area contributed by atoms with Crippen molar-refractivity contribution in [3.05, 3.63) is 66.5 Å². The zero-order chi connectivity index (χ0) is 15.8. The van der Waals surface area contributed by atoms with Crippen LogP contribution in [0.1, 0.15) is 11.3 Å². The summed E-state index contributed by atoms with van der Waals surface area (Å²) in [6.07, 6.45) is 3.29. The second-order valence-electron chi connectivity index (χ2n) is 4.66. The molecule has 0 unspecified atom stereocenters. The van der Waals surface area contributed by atoms with Crippen LogP contribution in [0.15, 0.2) is 55.3 Å². The van der Waals surface area contributed by atoms with E-state index in [4.69, 9.17) is 9.47 Å². The van der Waals surface area contributed by atoms with Gasteiger partial charge in [0.25, 0.3) is 0 Å². The average molecular weight is 300 g/mol. The molecule has 1 aromatic carbocycles. The molecule has 0 bridgehead atoms. The topological polar surface area (TPSA) is 54.8 Å². The molecule has 0 atom stereocenters. The van der Waals surface area contributed by atoms with E-state index < -0.39 is 0 Å². The van der Waals surface area contributed by atoms with Gasteiger partial charge in [-0.05, 0) is 11.6 Å². The lowest BCUT2D eigenvalue weighted by Crippen LogP contribution is -2.19. The van der Waals surface area contributed by atoms with Crippen molar-refractivity contribution >= 4 is 5.69 Å². The van der Waals surface area contributed by atoms with Crippen LogP contribution >= 0.6 is 0 Å². The van der Waals surface area contributed by atoms with Crippen molar-refractivity contribution in [3.63, 3.8) is 0 Å². The third-order valence-corrected chi connectivity index (χ3v) is 3.09. The molecule has 0 amide bonds. The van der Waals surface area contributed by atoms with E-state index in [1.807, 2.05) is 30.3 Å². The van der Waals surface area contributed by atoms with Gasteiger partial charge < -0.3 is 9.47 Å². The Morgan fingerprint density at radius 1 is 1.27 bits per heavy atom. The van der Waals surface area contributed by atoms with Gasteiger partial charge in [-0.1, -0.05) is 36.4 Å². The molecule has 0 aliphatic rings. The van der Waals surface area contributed by atoms with Crippen LogP contribution < -0.4 is 9.80 Å². The Labute approximate surface area is 130 Å². The van der Waals surface area contributed by atoms with Crippen LogP contribution in [0.4, 0.5) is 5.69 Å². The van der Waals surface area contributed by atoms with E-state index in [1.165, 1.54) is 0 Å². The Morgan fingerprint density at radius 2 is 2.05 bits per heavy atom. The molecule has 1 heterocycles. The Bertz CT molecular complexity index is 602. The first-order chi connectivity index (χ1) is 10.8. The zero-order valence-corrected chi connectivity index (χ0v) is 12.6. The SMILES string of the molecule is C=CCOCc1nccc(N(O)Cc2ccccc2)c1OC. The van der Waals surface area contributed by atoms with Crippen LogP contribution in [-0.2, 0) is 17.9 Å². The van der Waals surface area contributed by atoms with Crippen molar-refractivity contribution in [2.24, 2.45) is 0 Å². The van der Waals surface area contributed by atoms with Gasteiger partial charge >= 0.3 is 0 Å². The van der Waals surface area contributed by atoms with Crippen molar-refractivity contribution in [3.8, 4) is 5.75 Å². The number of hydrogen-bond donors (Lipinski definition) is 1. The minimum absolute atomic E-state index is 0.294. The molecule has 0 aliphatic carbocycles. The summed E-state index contributed by atoms with van der Waals surface area (Å²) >= 11 is 0. The van der Waals surface area contributed by atoms with E-state index in [-0.39, 0.29) is 0 Å². The molecule has 116 valence electrons. The number of hydrogen-bond acceptors (Lipinski definition) is 5. The van der Waals surface area contributed by atoms with Crippen LogP contribution in [0.5, 0.6) is 5.75 Å². The maximum atomic E-state index is 10.4. The Kier molecular flexibility index (Phi) is 5.94. The maximum Gasteiger partial charge on any atom is 0.168 e. The van der Waals surface area contributed by atoms with Crippen LogP contribution in [0.3, 0.4) is 0 Å². The lowest BCUT2D eigenvalue weighted by atomic mass is 10.2. The molecule has 2 rings (SSSR count). The number of benzene rings is 1. The number of ether oxygens (including phenoxy) is 2. The fourth-order valence-corrected chi connectivity index (χ4v) is 2.09. The van der Waals surface area contributed by atoms with Gasteiger partial charge in [-0.3, -0.25) is 10.2 Å². The molecule has 0 aliphatic heterocycles. The molecule has 0 spiro atoms. The van der Waals surface area contributed by atoms with Gasteiger partial charge in [-0.2, -0.15) is 0 Å². The molecule has 5 nitrogen and oxygen atoms in total. The third-order valence-electron chi connectivity index (χ3n) is 3.09. The van der Waals surface area contributed by atoms with Crippen molar-refractivity contribution in [1.29, 1.82) is 0 Å². The quantitative estimate of drug-likeness (QED) is 0.461. The summed E-state index contributed by atoms with van der Waals surface area (Å²) in [5, 5.41) is 11.5. The minimum Gasteiger partial charge on any atom is -0.492 e. The smallest absolute Gasteiger partial charge is 0.168 e. The summed E-state index contributed by atoms with van der Waals surface area (Å²) in [4.78, 5) is 4.25. The molecule has 0 radical (unpaired) electrons. The fraction of sp³-hybridized carbons (Fsp3) is 0.235. The monoisotopic (exact) mass is 300 g/mol. The lowest BCUT2D eigenvalue weighted by Gasteiger charge is -2.21. The molecule has 1 aromatic heterocycles. The molecule has 5 heteroatoms. The van der Waals surface area contributed by atoms with Crippen LogP contribution in [0, 0.1) is 0 Å². The minimum atomic E-state index is 0.294. The summed E-state index contributed by atoms with van der Waals surface area (Å²) in [7, 11) is 1.55. The number of nitrogens with zero attached hydrogens (tertiary/aromatic N) is 2. The molecular weight excluding hydrogens is 280 g/mol. The van der Waals surface area contributed by atoms with Crippen LogP contribution in [-0.4, -0.2) is 23.9 Å². The van der Waals surface area contributed by atoms with Crippen molar-refractivity contribution < 1.29 is 14.7 Å². The van der Waals surface area contributed by atoms with Crippen molar-refractivity contribution in [1.82, 2.24) is 4.98 Å². The highest BCUT2D eigenvalue weighted by atomic mass is 16.5. The Balaban J connectivity index is 2.18. The second kappa shape index (κ2) is 8.17. The summed E-state index contributed by atoms with van der Waals surface area (Å²) < 4.78 is 10.8. The van der Waals surface area contributed by atoms with Gasteiger partial charge in [0.2, 0.25) is 0 Å². The summed E-state index contributed by atoms with van der Waals surface area (Å²) in [5.74, 6) is 0.505. The van der Waals surface area contributed by atoms with Crippen LogP contribution in [0.25, 0.3) is 0 Å². The molecule has 0 fully saturated rings. The Hall–Kier alpha value is -2.37. The van der Waals surface area contributed by atoms with Gasteiger partial charge in [0.1, 0.15) is 11.4 Å². The number of anilines is 1. The van der Waals surface area contributed by atoms with Gasteiger partial charge in [0, 0.05) is 6.20 Å². The highest BCUT2D eigenvalue weighted by Crippen LogP contribution is 2.31. The number of methoxy groups -OCH3 is 1. The lowest BCUT2D eigenvalue weighted by molar-refractivity contribution is 0.143. The van der Waals surface area contributed by atoms with Gasteiger partial charge in [-0.25, -0.2) is 5.06 Å². The summed E-state index contributed by atoms with van der Waals surface area (Å²) in [6, 6.07) is 11.4. The van der Waals surface area contributed by atoms with E-state index >= 15 is 0 Å². The number of hydroxylamine groups is 1. The first-order valence-corrected chi connectivity index (χ1v) is 6.97.